The Labute approximate surface area is 294 Å². The van der Waals surface area contributed by atoms with Gasteiger partial charge < -0.3 is 37.4 Å². The van der Waals surface area contributed by atoms with E-state index in [2.05, 4.69) is 16.0 Å². The van der Waals surface area contributed by atoms with Crippen LogP contribution in [0, 0.1) is 5.92 Å². The Kier molecular flexibility index (Phi) is 14.3. The van der Waals surface area contributed by atoms with Crippen LogP contribution in [-0.2, 0) is 36.8 Å². The summed E-state index contributed by atoms with van der Waals surface area (Å²) in [5, 5.41) is 17.9. The molecule has 3 heterocycles. The third kappa shape index (κ3) is 11.1. The summed E-state index contributed by atoms with van der Waals surface area (Å²) in [6, 6.07) is 14.9. The van der Waals surface area contributed by atoms with Gasteiger partial charge in [0.05, 0.1) is 12.6 Å². The first kappa shape index (κ1) is 38.5. The molecule has 3 aliphatic rings. The first-order chi connectivity index (χ1) is 23.9. The molecule has 4 amide bonds. The lowest BCUT2D eigenvalue weighted by atomic mass is 9.87. The van der Waals surface area contributed by atoms with Gasteiger partial charge in [-0.25, -0.2) is 0 Å². The number of fused-ring (bicyclic) bond motifs is 2. The fraction of sp³-hybridized carbons (Fsp3) is 0.541. The van der Waals surface area contributed by atoms with Crippen LogP contribution in [0.15, 0.2) is 60.7 Å². The topological polar surface area (TPSA) is 200 Å². The lowest BCUT2D eigenvalue weighted by Gasteiger charge is -2.56. The average Bonchev–Trinajstić information content (AvgIpc) is 3.09. The maximum absolute atomic E-state index is 13.9. The van der Waals surface area contributed by atoms with E-state index in [9.17, 15) is 29.1 Å². The predicted octanol–water partition coefficient (Wildman–Crippen LogP) is 0.798. The number of hydrogen-bond acceptors (Lipinski definition) is 8. The highest BCUT2D eigenvalue weighted by atomic mass is 16.4. The van der Waals surface area contributed by atoms with Gasteiger partial charge in [-0.3, -0.25) is 28.9 Å². The van der Waals surface area contributed by atoms with E-state index in [1.807, 2.05) is 79.4 Å². The van der Waals surface area contributed by atoms with Crippen LogP contribution in [0.5, 0.6) is 0 Å². The van der Waals surface area contributed by atoms with Crippen molar-refractivity contribution in [2.75, 3.05) is 26.2 Å². The van der Waals surface area contributed by atoms with E-state index in [4.69, 9.17) is 11.5 Å². The summed E-state index contributed by atoms with van der Waals surface area (Å²) in [4.78, 5) is 69.8. The lowest BCUT2D eigenvalue weighted by molar-refractivity contribution is -0.154. The predicted molar refractivity (Wildman–Crippen MR) is 190 cm³/mol. The van der Waals surface area contributed by atoms with Gasteiger partial charge in [0.15, 0.2) is 0 Å². The zero-order chi connectivity index (χ0) is 36.2. The van der Waals surface area contributed by atoms with Gasteiger partial charge in [0, 0.05) is 31.6 Å². The maximum atomic E-state index is 13.9. The number of amides is 4. The molecule has 0 spiro atoms. The molecule has 0 radical (unpaired) electrons. The molecule has 2 aromatic rings. The highest BCUT2D eigenvalue weighted by molar-refractivity contribution is 5.95. The van der Waals surface area contributed by atoms with E-state index in [0.29, 0.717) is 51.7 Å². The SMILES string of the molecule is CC(C)CC(NC(=O)C(Cc1ccccc1)NC(=O)C(N)Cc1ccccc1)C(=O)NC(CCCCN)C(=O)N1CC2CC(C1)N2CC(=O)O. The van der Waals surface area contributed by atoms with Gasteiger partial charge in [-0.1, -0.05) is 74.5 Å². The summed E-state index contributed by atoms with van der Waals surface area (Å²) in [5.41, 5.74) is 13.7. The van der Waals surface area contributed by atoms with Crippen molar-refractivity contribution < 1.29 is 29.1 Å². The van der Waals surface area contributed by atoms with E-state index >= 15 is 0 Å². The number of unbranched alkanes of at least 4 members (excludes halogenated alkanes) is 1. The molecule has 0 aliphatic carbocycles. The van der Waals surface area contributed by atoms with E-state index in [-0.39, 0.29) is 36.9 Å². The van der Waals surface area contributed by atoms with Crippen LogP contribution in [-0.4, -0.2) is 107 Å². The van der Waals surface area contributed by atoms with Crippen molar-refractivity contribution >= 4 is 29.6 Å². The standard InChI is InChI=1S/C37H53N7O6/c1-24(2)17-31(35(48)40-30(15-9-10-16-38)37(50)43-21-27-20-28(22-43)44(27)23-33(45)46)42-36(49)32(19-26-13-7-4-8-14-26)41-34(47)29(39)18-25-11-5-3-6-12-25/h3-8,11-14,24,27-32H,9-10,15-23,38-39H2,1-2H3,(H,40,48)(H,41,47)(H,42,49)(H,45,46). The molecule has 2 aromatic carbocycles. The van der Waals surface area contributed by atoms with Crippen molar-refractivity contribution in [1.82, 2.24) is 25.8 Å². The Balaban J connectivity index is 1.46. The van der Waals surface area contributed by atoms with Crippen LogP contribution in [0.25, 0.3) is 0 Å². The van der Waals surface area contributed by atoms with Gasteiger partial charge in [0.2, 0.25) is 23.6 Å². The molecule has 0 aromatic heterocycles. The second-order valence-corrected chi connectivity index (χ2v) is 13.9. The van der Waals surface area contributed by atoms with Crippen molar-refractivity contribution in [2.45, 2.75) is 95.0 Å². The Morgan fingerprint density at radius 1 is 0.780 bits per heavy atom. The molecule has 0 saturated carbocycles. The van der Waals surface area contributed by atoms with Gasteiger partial charge in [0.1, 0.15) is 18.1 Å². The number of carboxylic acid groups (broad SMARTS) is 1. The molecule has 3 fully saturated rings. The lowest BCUT2D eigenvalue weighted by Crippen LogP contribution is -2.71. The number of nitrogens with zero attached hydrogens (tertiary/aromatic N) is 2. The number of piperidine rings is 1. The zero-order valence-electron chi connectivity index (χ0n) is 29.1. The number of carboxylic acids is 1. The Morgan fingerprint density at radius 3 is 1.88 bits per heavy atom. The second kappa shape index (κ2) is 18.6. The largest absolute Gasteiger partial charge is 0.480 e. The van der Waals surface area contributed by atoms with Crippen LogP contribution in [0.1, 0.15) is 57.1 Å². The summed E-state index contributed by atoms with van der Waals surface area (Å²) >= 11 is 0. The summed E-state index contributed by atoms with van der Waals surface area (Å²) < 4.78 is 0. The van der Waals surface area contributed by atoms with Gasteiger partial charge in [-0.2, -0.15) is 0 Å². The maximum Gasteiger partial charge on any atom is 0.317 e. The van der Waals surface area contributed by atoms with E-state index in [1.54, 1.807) is 4.90 Å². The van der Waals surface area contributed by atoms with Gasteiger partial charge in [-0.15, -0.1) is 0 Å². The number of nitrogens with one attached hydrogen (secondary N) is 3. The quantitative estimate of drug-likeness (QED) is 0.115. The highest BCUT2D eigenvalue weighted by Gasteiger charge is 2.47. The number of rotatable bonds is 19. The first-order valence-electron chi connectivity index (χ1n) is 17.7. The molecular weight excluding hydrogens is 638 g/mol. The number of nitrogens with two attached hydrogens (primary N) is 2. The Bertz CT molecular complexity index is 1430. The van der Waals surface area contributed by atoms with Crippen molar-refractivity contribution in [2.24, 2.45) is 17.4 Å². The van der Waals surface area contributed by atoms with Crippen LogP contribution in [0.2, 0.25) is 0 Å². The minimum absolute atomic E-state index is 0.0216. The van der Waals surface area contributed by atoms with Crippen molar-refractivity contribution in [1.29, 1.82) is 0 Å². The number of benzene rings is 2. The van der Waals surface area contributed by atoms with Crippen LogP contribution in [0.4, 0.5) is 0 Å². The first-order valence-corrected chi connectivity index (χ1v) is 17.7. The fourth-order valence-electron chi connectivity index (χ4n) is 6.80. The Morgan fingerprint density at radius 2 is 1.32 bits per heavy atom. The molecule has 3 saturated heterocycles. The Hall–Kier alpha value is -4.33. The van der Waals surface area contributed by atoms with Crippen molar-refractivity contribution in [3.05, 3.63) is 71.8 Å². The molecule has 5 rings (SSSR count). The van der Waals surface area contributed by atoms with E-state index in [1.165, 1.54) is 0 Å². The van der Waals surface area contributed by atoms with Crippen LogP contribution in [0.3, 0.4) is 0 Å². The van der Waals surface area contributed by atoms with E-state index < -0.39 is 47.9 Å². The summed E-state index contributed by atoms with van der Waals surface area (Å²) in [6.45, 7) is 5.05. The van der Waals surface area contributed by atoms with Gasteiger partial charge in [-0.05, 0) is 62.1 Å². The monoisotopic (exact) mass is 691 g/mol. The molecule has 13 heteroatoms. The molecule has 8 N–H and O–H groups in total. The van der Waals surface area contributed by atoms with E-state index in [0.717, 1.165) is 17.5 Å². The van der Waals surface area contributed by atoms with Crippen molar-refractivity contribution in [3.8, 4) is 0 Å². The third-order valence-electron chi connectivity index (χ3n) is 9.43. The summed E-state index contributed by atoms with van der Waals surface area (Å²) in [7, 11) is 0. The number of aliphatic carboxylic acids is 1. The minimum atomic E-state index is -1.01. The number of carbonyl (C=O) groups excluding carboxylic acids is 4. The number of piperazine rings is 1. The zero-order valence-corrected chi connectivity index (χ0v) is 29.1. The third-order valence-corrected chi connectivity index (χ3v) is 9.43. The molecule has 6 atom stereocenters. The normalized spacial score (nSPS) is 19.4. The second-order valence-electron chi connectivity index (χ2n) is 13.9. The minimum Gasteiger partial charge on any atom is -0.480 e. The van der Waals surface area contributed by atoms with Crippen molar-refractivity contribution in [3.63, 3.8) is 0 Å². The molecule has 2 bridgehead atoms. The number of hydrogen-bond donors (Lipinski definition) is 6. The smallest absolute Gasteiger partial charge is 0.317 e. The summed E-state index contributed by atoms with van der Waals surface area (Å²) in [6.07, 6.45) is 3.29. The summed E-state index contributed by atoms with van der Waals surface area (Å²) in [5.74, 6) is -2.61. The average molecular weight is 692 g/mol. The van der Waals surface area contributed by atoms with Gasteiger partial charge in [0.25, 0.3) is 0 Å². The fourth-order valence-corrected chi connectivity index (χ4v) is 6.80. The molecular formula is C37H53N7O6. The number of carbonyl (C=O) groups is 5. The molecule has 50 heavy (non-hydrogen) atoms. The van der Waals surface area contributed by atoms with Gasteiger partial charge >= 0.3 is 5.97 Å². The van der Waals surface area contributed by atoms with Crippen LogP contribution < -0.4 is 27.4 Å². The molecule has 6 unspecified atom stereocenters. The molecule has 3 aliphatic heterocycles. The molecule has 13 nitrogen and oxygen atoms in total. The van der Waals surface area contributed by atoms with Crippen LogP contribution >= 0.6 is 0 Å². The highest BCUT2D eigenvalue weighted by Crippen LogP contribution is 2.32. The molecule has 272 valence electrons.